The quantitative estimate of drug-likeness (QED) is 0.756. The molecular weight excluding hydrogens is 254 g/mol. The van der Waals surface area contributed by atoms with Crippen molar-refractivity contribution in [3.05, 3.63) is 34.3 Å². The van der Waals surface area contributed by atoms with Crippen LogP contribution in [-0.4, -0.2) is 41.8 Å². The Bertz CT molecular complexity index is 610. The molecule has 0 amide bonds. The Morgan fingerprint density at radius 2 is 2.05 bits per heavy atom. The molecule has 100 valence electrons. The molecule has 0 aliphatic heterocycles. The van der Waals surface area contributed by atoms with Crippen LogP contribution in [0.3, 0.4) is 0 Å². The monoisotopic (exact) mass is 265 g/mol. The summed E-state index contributed by atoms with van der Waals surface area (Å²) in [6, 6.07) is 0. The normalized spacial score (nSPS) is 13.9. The molecule has 7 nitrogen and oxygen atoms in total. The summed E-state index contributed by atoms with van der Waals surface area (Å²) in [6.45, 7) is -0.564. The van der Waals surface area contributed by atoms with Gasteiger partial charge in [0.2, 0.25) is 5.78 Å². The van der Waals surface area contributed by atoms with E-state index in [9.17, 15) is 19.5 Å². The lowest BCUT2D eigenvalue weighted by atomic mass is 9.96. The van der Waals surface area contributed by atoms with Gasteiger partial charge in [-0.3, -0.25) is 9.59 Å². The molecule has 0 atom stereocenters. The molecule has 7 heteroatoms. The van der Waals surface area contributed by atoms with Crippen LogP contribution < -0.4 is 0 Å². The second-order valence-corrected chi connectivity index (χ2v) is 3.78. The minimum atomic E-state index is -0.766. The molecule has 19 heavy (non-hydrogen) atoms. The molecule has 1 heterocycles. The van der Waals surface area contributed by atoms with E-state index in [2.05, 4.69) is 9.72 Å². The number of ether oxygens (including phenoxy) is 2. The van der Waals surface area contributed by atoms with Crippen LogP contribution in [-0.2, 0) is 16.1 Å². The molecule has 1 aliphatic rings. The Kier molecular flexibility index (Phi) is 3.22. The second-order valence-electron chi connectivity index (χ2n) is 3.78. The topological polar surface area (TPSA) is 106 Å². The van der Waals surface area contributed by atoms with Crippen molar-refractivity contribution in [2.45, 2.75) is 6.61 Å². The van der Waals surface area contributed by atoms with Gasteiger partial charge in [-0.1, -0.05) is 0 Å². The third-order valence-electron chi connectivity index (χ3n) is 2.83. The number of aliphatic hydroxyl groups excluding tert-OH is 1. The number of hydrogen-bond donors (Lipinski definition) is 2. The number of aliphatic hydroxyl groups is 1. The molecule has 0 saturated heterocycles. The Morgan fingerprint density at radius 1 is 1.37 bits per heavy atom. The fourth-order valence-electron chi connectivity index (χ4n) is 1.95. The van der Waals surface area contributed by atoms with E-state index in [0.29, 0.717) is 0 Å². The van der Waals surface area contributed by atoms with Crippen molar-refractivity contribution < 1.29 is 29.0 Å². The number of ketones is 2. The Morgan fingerprint density at radius 3 is 2.58 bits per heavy atom. The van der Waals surface area contributed by atoms with Crippen LogP contribution in [0.25, 0.3) is 0 Å². The van der Waals surface area contributed by atoms with Crippen molar-refractivity contribution in [1.29, 1.82) is 0 Å². The highest BCUT2D eigenvalue weighted by atomic mass is 16.5. The van der Waals surface area contributed by atoms with Crippen molar-refractivity contribution in [2.24, 2.45) is 0 Å². The molecule has 1 aromatic rings. The molecular formula is C12H11NO6. The number of hydrogen-bond acceptors (Lipinski definition) is 6. The third-order valence-corrected chi connectivity index (χ3v) is 2.83. The summed E-state index contributed by atoms with van der Waals surface area (Å²) in [5, 5.41) is 9.29. The first-order chi connectivity index (χ1) is 9.04. The minimum absolute atomic E-state index is 0.0197. The molecule has 0 unspecified atom stereocenters. The van der Waals surface area contributed by atoms with E-state index in [4.69, 9.17) is 4.74 Å². The van der Waals surface area contributed by atoms with Crippen LogP contribution in [0.2, 0.25) is 0 Å². The summed E-state index contributed by atoms with van der Waals surface area (Å²) in [4.78, 5) is 38.0. The summed E-state index contributed by atoms with van der Waals surface area (Å²) < 4.78 is 9.32. The van der Waals surface area contributed by atoms with Gasteiger partial charge in [0.25, 0.3) is 0 Å². The van der Waals surface area contributed by atoms with Crippen molar-refractivity contribution in [1.82, 2.24) is 4.98 Å². The molecule has 1 aromatic heterocycles. The number of esters is 1. The predicted octanol–water partition coefficient (Wildman–Crippen LogP) is 0.203. The second kappa shape index (κ2) is 4.69. The maximum atomic E-state index is 12.0. The fraction of sp³-hybridized carbons (Fsp3) is 0.250. The molecule has 0 aromatic carbocycles. The van der Waals surface area contributed by atoms with Crippen molar-refractivity contribution in [2.75, 3.05) is 14.2 Å². The zero-order chi connectivity index (χ0) is 14.2. The number of fused-ring (bicyclic) bond motifs is 1. The molecule has 2 rings (SSSR count). The van der Waals surface area contributed by atoms with E-state index < -0.39 is 24.1 Å². The average molecular weight is 265 g/mol. The van der Waals surface area contributed by atoms with Crippen LogP contribution in [0.15, 0.2) is 11.8 Å². The predicted molar refractivity (Wildman–Crippen MR) is 61.8 cm³/mol. The highest BCUT2D eigenvalue weighted by Gasteiger charge is 2.34. The summed E-state index contributed by atoms with van der Waals surface area (Å²) >= 11 is 0. The number of methoxy groups -OCH3 is 2. The number of carbonyl (C=O) groups excluding carboxylic acids is 3. The number of Topliss-reactive ketones (excluding diaryl/α,β-unsaturated/α-hetero) is 1. The number of aromatic nitrogens is 1. The van der Waals surface area contributed by atoms with Gasteiger partial charge in [-0.05, 0) is 0 Å². The first kappa shape index (κ1) is 13.0. The maximum absolute atomic E-state index is 12.0. The van der Waals surface area contributed by atoms with Crippen LogP contribution in [0.1, 0.15) is 36.9 Å². The van der Waals surface area contributed by atoms with E-state index in [-0.39, 0.29) is 28.3 Å². The fourth-order valence-corrected chi connectivity index (χ4v) is 1.95. The lowest BCUT2D eigenvalue weighted by molar-refractivity contribution is 0.0591. The smallest absolute Gasteiger partial charge is 0.354 e. The van der Waals surface area contributed by atoms with Gasteiger partial charge in [0.1, 0.15) is 11.4 Å². The van der Waals surface area contributed by atoms with E-state index in [1.807, 2.05) is 0 Å². The molecule has 0 bridgehead atoms. The van der Waals surface area contributed by atoms with Gasteiger partial charge in [0, 0.05) is 11.6 Å². The highest BCUT2D eigenvalue weighted by Crippen LogP contribution is 2.27. The Labute approximate surface area is 107 Å². The largest absolute Gasteiger partial charge is 0.492 e. The Hall–Kier alpha value is -2.41. The highest BCUT2D eigenvalue weighted by molar-refractivity contribution is 6.24. The van der Waals surface area contributed by atoms with Gasteiger partial charge < -0.3 is 19.6 Å². The lowest BCUT2D eigenvalue weighted by Gasteiger charge is -2.10. The van der Waals surface area contributed by atoms with E-state index in [0.717, 1.165) is 13.2 Å². The standard InChI is InChI=1S/C12H11NO6/c1-18-7-3-6(15)8-5(4-14)9(12(17)19-2)13-10(8)11(7)16/h3,13-14H,4H2,1-2H3. The summed E-state index contributed by atoms with van der Waals surface area (Å²) in [5.74, 6) is -1.96. The van der Waals surface area contributed by atoms with Gasteiger partial charge in [0.15, 0.2) is 11.5 Å². The number of allylic oxidation sites excluding steroid dienone is 2. The van der Waals surface area contributed by atoms with Crippen molar-refractivity contribution >= 4 is 17.5 Å². The summed E-state index contributed by atoms with van der Waals surface area (Å²) in [7, 11) is 2.42. The van der Waals surface area contributed by atoms with Gasteiger partial charge in [-0.25, -0.2) is 4.79 Å². The first-order valence-corrected chi connectivity index (χ1v) is 5.33. The van der Waals surface area contributed by atoms with E-state index >= 15 is 0 Å². The van der Waals surface area contributed by atoms with Gasteiger partial charge in [-0.15, -0.1) is 0 Å². The SMILES string of the molecule is COC(=O)c1[nH]c2c(c1CO)C(=O)C=C(OC)C2=O. The summed E-state index contributed by atoms with van der Waals surface area (Å²) in [6.07, 6.45) is 1.03. The molecule has 0 fully saturated rings. The van der Waals surface area contributed by atoms with Crippen molar-refractivity contribution in [3.8, 4) is 0 Å². The number of rotatable bonds is 3. The number of aromatic amines is 1. The molecule has 1 aliphatic carbocycles. The van der Waals surface area contributed by atoms with E-state index in [1.54, 1.807) is 0 Å². The van der Waals surface area contributed by atoms with Crippen LogP contribution >= 0.6 is 0 Å². The zero-order valence-electron chi connectivity index (χ0n) is 10.3. The van der Waals surface area contributed by atoms with Gasteiger partial charge in [0.05, 0.1) is 26.4 Å². The molecule has 2 N–H and O–H groups in total. The first-order valence-electron chi connectivity index (χ1n) is 5.33. The lowest BCUT2D eigenvalue weighted by Crippen LogP contribution is -2.18. The van der Waals surface area contributed by atoms with Crippen LogP contribution in [0, 0.1) is 0 Å². The van der Waals surface area contributed by atoms with E-state index in [1.165, 1.54) is 7.11 Å². The number of carbonyl (C=O) groups is 3. The molecule has 0 spiro atoms. The maximum Gasteiger partial charge on any atom is 0.354 e. The Balaban J connectivity index is 2.66. The summed E-state index contributed by atoms with van der Waals surface area (Å²) in [5.41, 5.74) is -0.156. The van der Waals surface area contributed by atoms with Crippen molar-refractivity contribution in [3.63, 3.8) is 0 Å². The molecule has 0 saturated carbocycles. The average Bonchev–Trinajstić information content (AvgIpc) is 2.81. The van der Waals surface area contributed by atoms with Gasteiger partial charge in [-0.2, -0.15) is 0 Å². The van der Waals surface area contributed by atoms with Crippen LogP contribution in [0.5, 0.6) is 0 Å². The third kappa shape index (κ3) is 1.84. The number of nitrogens with one attached hydrogen (secondary N) is 1. The zero-order valence-corrected chi connectivity index (χ0v) is 10.3. The van der Waals surface area contributed by atoms with Gasteiger partial charge >= 0.3 is 5.97 Å². The van der Waals surface area contributed by atoms with Crippen LogP contribution in [0.4, 0.5) is 0 Å². The minimum Gasteiger partial charge on any atom is -0.492 e. The molecule has 0 radical (unpaired) electrons. The number of H-pyrrole nitrogens is 1.